The van der Waals surface area contributed by atoms with Crippen molar-refractivity contribution in [1.29, 1.82) is 0 Å². The van der Waals surface area contributed by atoms with Crippen LogP contribution in [-0.4, -0.2) is 37.0 Å². The molecular weight excluding hydrogens is 283 g/mol. The van der Waals surface area contributed by atoms with Gasteiger partial charge in [-0.25, -0.2) is 12.8 Å². The Morgan fingerprint density at radius 1 is 1.45 bits per heavy atom. The highest BCUT2D eigenvalue weighted by molar-refractivity contribution is 7.89. The molecule has 1 aliphatic rings. The zero-order valence-corrected chi connectivity index (χ0v) is 12.2. The number of anilines is 1. The molecule has 112 valence electrons. The van der Waals surface area contributed by atoms with E-state index in [1.807, 2.05) is 0 Å². The summed E-state index contributed by atoms with van der Waals surface area (Å²) in [5.41, 5.74) is 5.68. The van der Waals surface area contributed by atoms with E-state index < -0.39 is 21.9 Å². The van der Waals surface area contributed by atoms with Gasteiger partial charge in [0.25, 0.3) is 0 Å². The molecule has 0 aromatic heterocycles. The fourth-order valence-electron chi connectivity index (χ4n) is 2.54. The van der Waals surface area contributed by atoms with Gasteiger partial charge in [0.15, 0.2) is 0 Å². The second-order valence-electron chi connectivity index (χ2n) is 5.07. The summed E-state index contributed by atoms with van der Waals surface area (Å²) >= 11 is 0. The number of sulfonamides is 1. The number of nitrogens with zero attached hydrogens (tertiary/aromatic N) is 1. The number of piperidine rings is 1. The Morgan fingerprint density at radius 2 is 2.15 bits per heavy atom. The van der Waals surface area contributed by atoms with E-state index in [1.54, 1.807) is 0 Å². The summed E-state index contributed by atoms with van der Waals surface area (Å²) in [4.78, 5) is -0.115. The molecule has 1 aliphatic heterocycles. The van der Waals surface area contributed by atoms with Gasteiger partial charge >= 0.3 is 0 Å². The summed E-state index contributed by atoms with van der Waals surface area (Å²) in [7, 11) is -3.85. The molecule has 1 heterocycles. The van der Waals surface area contributed by atoms with Crippen molar-refractivity contribution in [3.63, 3.8) is 0 Å². The first kappa shape index (κ1) is 15.2. The van der Waals surface area contributed by atoms with Gasteiger partial charge in [-0.3, -0.25) is 0 Å². The van der Waals surface area contributed by atoms with Crippen molar-refractivity contribution in [3.8, 4) is 0 Å². The number of nitrogen functional groups attached to an aromatic ring is 1. The minimum absolute atomic E-state index is 0.0569. The van der Waals surface area contributed by atoms with E-state index in [-0.39, 0.29) is 22.8 Å². The van der Waals surface area contributed by atoms with Crippen molar-refractivity contribution in [2.45, 2.75) is 37.1 Å². The Bertz CT molecular complexity index is 604. The molecular formula is C13H19FN2O3S. The zero-order chi connectivity index (χ0) is 14.9. The van der Waals surface area contributed by atoms with E-state index in [4.69, 9.17) is 5.73 Å². The summed E-state index contributed by atoms with van der Waals surface area (Å²) in [5.74, 6) is -0.638. The van der Waals surface area contributed by atoms with Gasteiger partial charge in [-0.2, -0.15) is 4.31 Å². The van der Waals surface area contributed by atoms with Crippen molar-refractivity contribution in [2.24, 2.45) is 0 Å². The summed E-state index contributed by atoms with van der Waals surface area (Å²) in [6.45, 7) is 1.52. The predicted octanol–water partition coefficient (Wildman–Crippen LogP) is 1.25. The average Bonchev–Trinajstić information content (AvgIpc) is 2.42. The lowest BCUT2D eigenvalue weighted by molar-refractivity contribution is 0.155. The summed E-state index contributed by atoms with van der Waals surface area (Å²) in [6, 6.07) is 1.93. The zero-order valence-electron chi connectivity index (χ0n) is 11.3. The van der Waals surface area contributed by atoms with E-state index in [1.165, 1.54) is 17.3 Å². The molecule has 1 saturated heterocycles. The second kappa shape index (κ2) is 5.67. The lowest BCUT2D eigenvalue weighted by Crippen LogP contribution is -2.45. The number of halogens is 1. The molecule has 20 heavy (non-hydrogen) atoms. The maximum Gasteiger partial charge on any atom is 0.243 e. The number of aliphatic hydroxyl groups excluding tert-OH is 1. The van der Waals surface area contributed by atoms with Crippen LogP contribution < -0.4 is 5.73 Å². The molecule has 7 heteroatoms. The fourth-order valence-corrected chi connectivity index (χ4v) is 4.50. The van der Waals surface area contributed by atoms with Gasteiger partial charge in [0.1, 0.15) is 5.82 Å². The number of hydrogen-bond donors (Lipinski definition) is 2. The van der Waals surface area contributed by atoms with Crippen LogP contribution in [0.15, 0.2) is 17.0 Å². The molecule has 1 fully saturated rings. The topological polar surface area (TPSA) is 83.6 Å². The predicted molar refractivity (Wildman–Crippen MR) is 74.2 cm³/mol. The maximum absolute atomic E-state index is 13.7. The highest BCUT2D eigenvalue weighted by Gasteiger charge is 2.34. The van der Waals surface area contributed by atoms with Crippen molar-refractivity contribution in [3.05, 3.63) is 23.5 Å². The first-order valence-corrected chi connectivity index (χ1v) is 8.00. The van der Waals surface area contributed by atoms with Crippen LogP contribution in [0.2, 0.25) is 0 Å². The fraction of sp³-hybridized carbons (Fsp3) is 0.538. The first-order valence-electron chi connectivity index (χ1n) is 6.56. The summed E-state index contributed by atoms with van der Waals surface area (Å²) < 4.78 is 40.3. The molecule has 1 aromatic rings. The van der Waals surface area contributed by atoms with Gasteiger partial charge in [0.05, 0.1) is 11.5 Å². The van der Waals surface area contributed by atoms with Gasteiger partial charge in [-0.15, -0.1) is 0 Å². The molecule has 0 bridgehead atoms. The van der Waals surface area contributed by atoms with Gasteiger partial charge in [-0.05, 0) is 31.9 Å². The Hall–Kier alpha value is -1.18. The second-order valence-corrected chi connectivity index (χ2v) is 6.93. The quantitative estimate of drug-likeness (QED) is 0.823. The third-order valence-electron chi connectivity index (χ3n) is 3.69. The molecule has 2 rings (SSSR count). The molecule has 1 aromatic carbocycles. The van der Waals surface area contributed by atoms with Crippen molar-refractivity contribution in [2.75, 3.05) is 18.9 Å². The maximum atomic E-state index is 13.7. The Labute approximate surface area is 118 Å². The lowest BCUT2D eigenvalue weighted by atomic mass is 10.1. The van der Waals surface area contributed by atoms with Crippen molar-refractivity contribution < 1.29 is 17.9 Å². The van der Waals surface area contributed by atoms with Crippen LogP contribution >= 0.6 is 0 Å². The highest BCUT2D eigenvalue weighted by Crippen LogP contribution is 2.29. The lowest BCUT2D eigenvalue weighted by Gasteiger charge is -2.33. The largest absolute Gasteiger partial charge is 0.399 e. The minimum Gasteiger partial charge on any atom is -0.399 e. The molecule has 0 spiro atoms. The number of hydrogen-bond acceptors (Lipinski definition) is 4. The third-order valence-corrected chi connectivity index (χ3v) is 5.77. The highest BCUT2D eigenvalue weighted by atomic mass is 32.2. The molecule has 3 N–H and O–H groups in total. The number of benzene rings is 1. The van der Waals surface area contributed by atoms with Gasteiger partial charge in [0, 0.05) is 23.8 Å². The molecule has 0 saturated carbocycles. The van der Waals surface area contributed by atoms with Gasteiger partial charge in [-0.1, -0.05) is 6.42 Å². The number of rotatable bonds is 3. The first-order chi connectivity index (χ1) is 9.37. The summed E-state index contributed by atoms with van der Waals surface area (Å²) in [5, 5.41) is 9.35. The SMILES string of the molecule is Cc1c(F)cc(N)cc1S(=O)(=O)N1CCCCC1CO. The molecule has 0 aliphatic carbocycles. The number of aliphatic hydroxyl groups is 1. The van der Waals surface area contributed by atoms with Crippen LogP contribution in [0.25, 0.3) is 0 Å². The van der Waals surface area contributed by atoms with Crippen LogP contribution in [0.4, 0.5) is 10.1 Å². The van der Waals surface area contributed by atoms with E-state index in [0.717, 1.165) is 18.9 Å². The van der Waals surface area contributed by atoms with Crippen molar-refractivity contribution >= 4 is 15.7 Å². The van der Waals surface area contributed by atoms with Crippen molar-refractivity contribution in [1.82, 2.24) is 4.31 Å². The van der Waals surface area contributed by atoms with Crippen LogP contribution in [0, 0.1) is 12.7 Å². The van der Waals surface area contributed by atoms with Crippen LogP contribution in [0.5, 0.6) is 0 Å². The Morgan fingerprint density at radius 3 is 2.80 bits per heavy atom. The Balaban J connectivity index is 2.49. The van der Waals surface area contributed by atoms with E-state index in [2.05, 4.69) is 0 Å². The molecule has 0 radical (unpaired) electrons. The van der Waals surface area contributed by atoms with E-state index in [9.17, 15) is 17.9 Å². The van der Waals surface area contributed by atoms with Crippen LogP contribution in [-0.2, 0) is 10.0 Å². The van der Waals surface area contributed by atoms with Crippen LogP contribution in [0.1, 0.15) is 24.8 Å². The molecule has 0 amide bonds. The van der Waals surface area contributed by atoms with E-state index >= 15 is 0 Å². The van der Waals surface area contributed by atoms with Gasteiger partial charge in [0.2, 0.25) is 10.0 Å². The molecule has 5 nitrogen and oxygen atoms in total. The monoisotopic (exact) mass is 302 g/mol. The average molecular weight is 302 g/mol. The summed E-state index contributed by atoms with van der Waals surface area (Å²) in [6.07, 6.45) is 2.22. The smallest absolute Gasteiger partial charge is 0.243 e. The van der Waals surface area contributed by atoms with Gasteiger partial charge < -0.3 is 10.8 Å². The third kappa shape index (κ3) is 2.65. The normalized spacial score (nSPS) is 21.1. The molecule has 1 unspecified atom stereocenters. The molecule has 1 atom stereocenters. The Kier molecular flexibility index (Phi) is 4.31. The standard InChI is InChI=1S/C13H19FN2O3S/c1-9-12(14)6-10(15)7-13(9)20(18,19)16-5-3-2-4-11(16)8-17/h6-7,11,17H,2-5,8,15H2,1H3. The van der Waals surface area contributed by atoms with Crippen LogP contribution in [0.3, 0.4) is 0 Å². The number of nitrogens with two attached hydrogens (primary N) is 1. The minimum atomic E-state index is -3.85. The van der Waals surface area contributed by atoms with E-state index in [0.29, 0.717) is 13.0 Å².